The maximum Gasteiger partial charge on any atom is 0.134 e. The van der Waals surface area contributed by atoms with Gasteiger partial charge in [0.25, 0.3) is 0 Å². The highest BCUT2D eigenvalue weighted by Crippen LogP contribution is 2.28. The van der Waals surface area contributed by atoms with Crippen LogP contribution >= 0.6 is 0 Å². The topological polar surface area (TPSA) is 46.2 Å². The molecule has 0 saturated carbocycles. The molecular formula is C10H11F2NO. The summed E-state index contributed by atoms with van der Waals surface area (Å²) in [7, 11) is 0. The van der Waals surface area contributed by atoms with Crippen LogP contribution in [-0.2, 0) is 0 Å². The van der Waals surface area contributed by atoms with Crippen LogP contribution < -0.4 is 5.73 Å². The Morgan fingerprint density at radius 2 is 2.14 bits per heavy atom. The molecule has 0 fully saturated rings. The van der Waals surface area contributed by atoms with E-state index in [1.165, 1.54) is 6.08 Å². The number of phenols is 1. The molecule has 0 amide bonds. The standard InChI is InChI=1S/C10H11F2NO/c1-2-3-8(13)10-7(12)4-6(11)5-9(10)14/h2,4-5,8,14H,1,3,13H2/t8-/m1/s1. The molecule has 0 aliphatic heterocycles. The summed E-state index contributed by atoms with van der Waals surface area (Å²) in [6, 6.07) is 0.826. The molecule has 4 heteroatoms. The molecular weight excluding hydrogens is 188 g/mol. The zero-order valence-electron chi connectivity index (χ0n) is 7.50. The average Bonchev–Trinajstić information content (AvgIpc) is 2.01. The fourth-order valence-electron chi connectivity index (χ4n) is 1.24. The van der Waals surface area contributed by atoms with E-state index in [-0.39, 0.29) is 5.56 Å². The van der Waals surface area contributed by atoms with E-state index in [0.29, 0.717) is 12.5 Å². The Bertz CT molecular complexity index is 329. The lowest BCUT2D eigenvalue weighted by Crippen LogP contribution is -2.11. The second kappa shape index (κ2) is 4.19. The molecule has 0 aliphatic rings. The first-order valence-corrected chi connectivity index (χ1v) is 4.10. The molecule has 0 aromatic heterocycles. The fourth-order valence-corrected chi connectivity index (χ4v) is 1.24. The number of benzene rings is 1. The van der Waals surface area contributed by atoms with Crippen molar-refractivity contribution in [3.63, 3.8) is 0 Å². The van der Waals surface area contributed by atoms with Gasteiger partial charge >= 0.3 is 0 Å². The number of phenolic OH excluding ortho intramolecular Hbond substituents is 1. The van der Waals surface area contributed by atoms with E-state index in [4.69, 9.17) is 5.73 Å². The number of hydrogen-bond donors (Lipinski definition) is 2. The summed E-state index contributed by atoms with van der Waals surface area (Å²) >= 11 is 0. The summed E-state index contributed by atoms with van der Waals surface area (Å²) in [5.41, 5.74) is 5.49. The predicted octanol–water partition coefficient (Wildman–Crippen LogP) is 2.25. The molecule has 0 unspecified atom stereocenters. The van der Waals surface area contributed by atoms with Gasteiger partial charge in [-0.25, -0.2) is 8.78 Å². The maximum absolute atomic E-state index is 13.2. The molecule has 0 spiro atoms. The Morgan fingerprint density at radius 3 is 2.64 bits per heavy atom. The Balaban J connectivity index is 3.13. The molecule has 0 heterocycles. The molecule has 76 valence electrons. The predicted molar refractivity (Wildman–Crippen MR) is 49.8 cm³/mol. The van der Waals surface area contributed by atoms with Crippen LogP contribution in [0.25, 0.3) is 0 Å². The van der Waals surface area contributed by atoms with E-state index in [1.54, 1.807) is 0 Å². The Kier molecular flexibility index (Phi) is 3.19. The SMILES string of the molecule is C=CC[C@@H](N)c1c(O)cc(F)cc1F. The van der Waals surface area contributed by atoms with E-state index < -0.39 is 23.4 Å². The minimum Gasteiger partial charge on any atom is -0.507 e. The van der Waals surface area contributed by atoms with Crippen LogP contribution in [-0.4, -0.2) is 5.11 Å². The highest BCUT2D eigenvalue weighted by molar-refractivity contribution is 5.36. The number of aromatic hydroxyl groups is 1. The van der Waals surface area contributed by atoms with Crippen LogP contribution in [0.15, 0.2) is 24.8 Å². The summed E-state index contributed by atoms with van der Waals surface area (Å²) in [6.45, 7) is 3.44. The van der Waals surface area contributed by atoms with Crippen molar-refractivity contribution >= 4 is 0 Å². The Hall–Kier alpha value is -1.42. The zero-order chi connectivity index (χ0) is 10.7. The van der Waals surface area contributed by atoms with Gasteiger partial charge in [-0.3, -0.25) is 0 Å². The van der Waals surface area contributed by atoms with Crippen molar-refractivity contribution in [2.45, 2.75) is 12.5 Å². The second-order valence-corrected chi connectivity index (χ2v) is 2.95. The van der Waals surface area contributed by atoms with Gasteiger partial charge in [0.1, 0.15) is 17.4 Å². The largest absolute Gasteiger partial charge is 0.507 e. The van der Waals surface area contributed by atoms with Gasteiger partial charge in [0.2, 0.25) is 0 Å². The van der Waals surface area contributed by atoms with Gasteiger partial charge in [0.05, 0.1) is 0 Å². The first kappa shape index (κ1) is 10.7. The molecule has 0 aliphatic carbocycles. The molecule has 3 N–H and O–H groups in total. The Labute approximate surface area is 80.7 Å². The second-order valence-electron chi connectivity index (χ2n) is 2.95. The first-order valence-electron chi connectivity index (χ1n) is 4.10. The molecule has 0 saturated heterocycles. The highest BCUT2D eigenvalue weighted by Gasteiger charge is 2.16. The van der Waals surface area contributed by atoms with Gasteiger partial charge < -0.3 is 10.8 Å². The quantitative estimate of drug-likeness (QED) is 0.733. The molecule has 1 aromatic rings. The summed E-state index contributed by atoms with van der Waals surface area (Å²) < 4.78 is 25.8. The van der Waals surface area contributed by atoms with Crippen molar-refractivity contribution in [2.24, 2.45) is 5.73 Å². The smallest absolute Gasteiger partial charge is 0.134 e. The lowest BCUT2D eigenvalue weighted by atomic mass is 10.0. The van der Waals surface area contributed by atoms with Gasteiger partial charge in [0, 0.05) is 23.7 Å². The molecule has 1 aromatic carbocycles. The van der Waals surface area contributed by atoms with Crippen LogP contribution in [0.1, 0.15) is 18.0 Å². The van der Waals surface area contributed by atoms with Gasteiger partial charge in [-0.2, -0.15) is 0 Å². The molecule has 2 nitrogen and oxygen atoms in total. The van der Waals surface area contributed by atoms with Gasteiger partial charge in [-0.1, -0.05) is 6.08 Å². The fraction of sp³-hybridized carbons (Fsp3) is 0.200. The maximum atomic E-state index is 13.2. The zero-order valence-corrected chi connectivity index (χ0v) is 7.50. The van der Waals surface area contributed by atoms with E-state index in [1.807, 2.05) is 0 Å². The summed E-state index contributed by atoms with van der Waals surface area (Å²) in [5, 5.41) is 9.27. The molecule has 1 rings (SSSR count). The minimum absolute atomic E-state index is 0.0775. The third kappa shape index (κ3) is 2.09. The number of rotatable bonds is 3. The highest BCUT2D eigenvalue weighted by atomic mass is 19.1. The molecule has 14 heavy (non-hydrogen) atoms. The molecule has 0 bridgehead atoms. The minimum atomic E-state index is -0.836. The van der Waals surface area contributed by atoms with Crippen molar-refractivity contribution in [1.82, 2.24) is 0 Å². The van der Waals surface area contributed by atoms with Crippen LogP contribution in [0.2, 0.25) is 0 Å². The van der Waals surface area contributed by atoms with Crippen molar-refractivity contribution in [3.8, 4) is 5.75 Å². The van der Waals surface area contributed by atoms with Crippen molar-refractivity contribution < 1.29 is 13.9 Å². The number of nitrogens with two attached hydrogens (primary N) is 1. The molecule has 1 atom stereocenters. The summed E-state index contributed by atoms with van der Waals surface area (Å²) in [5.74, 6) is -2.12. The monoisotopic (exact) mass is 199 g/mol. The Morgan fingerprint density at radius 1 is 1.50 bits per heavy atom. The van der Waals surface area contributed by atoms with Crippen molar-refractivity contribution in [1.29, 1.82) is 0 Å². The first-order chi connectivity index (χ1) is 6.56. The lowest BCUT2D eigenvalue weighted by Gasteiger charge is -2.12. The van der Waals surface area contributed by atoms with Crippen molar-refractivity contribution in [2.75, 3.05) is 0 Å². The van der Waals surface area contributed by atoms with Gasteiger partial charge in [-0.05, 0) is 6.42 Å². The van der Waals surface area contributed by atoms with Crippen LogP contribution in [0.5, 0.6) is 5.75 Å². The van der Waals surface area contributed by atoms with E-state index in [9.17, 15) is 13.9 Å². The van der Waals surface area contributed by atoms with Gasteiger partial charge in [0.15, 0.2) is 0 Å². The van der Waals surface area contributed by atoms with Crippen LogP contribution in [0.3, 0.4) is 0 Å². The molecule has 0 radical (unpaired) electrons. The summed E-state index contributed by atoms with van der Waals surface area (Å²) in [4.78, 5) is 0. The third-order valence-corrected chi connectivity index (χ3v) is 1.86. The van der Waals surface area contributed by atoms with Crippen molar-refractivity contribution in [3.05, 3.63) is 42.0 Å². The summed E-state index contributed by atoms with van der Waals surface area (Å²) in [6.07, 6.45) is 1.82. The average molecular weight is 199 g/mol. The van der Waals surface area contributed by atoms with E-state index in [0.717, 1.165) is 6.07 Å². The normalized spacial score (nSPS) is 12.5. The van der Waals surface area contributed by atoms with Gasteiger partial charge in [-0.15, -0.1) is 6.58 Å². The van der Waals surface area contributed by atoms with Crippen LogP contribution in [0, 0.1) is 11.6 Å². The van der Waals surface area contributed by atoms with E-state index in [2.05, 4.69) is 6.58 Å². The van der Waals surface area contributed by atoms with E-state index >= 15 is 0 Å². The van der Waals surface area contributed by atoms with Crippen LogP contribution in [0.4, 0.5) is 8.78 Å². The number of hydrogen-bond acceptors (Lipinski definition) is 2. The number of halogens is 2. The lowest BCUT2D eigenvalue weighted by molar-refractivity contribution is 0.440. The third-order valence-electron chi connectivity index (χ3n) is 1.86.